The van der Waals surface area contributed by atoms with Gasteiger partial charge in [0.05, 0.1) is 10.6 Å². The van der Waals surface area contributed by atoms with Crippen LogP contribution in [0.1, 0.15) is 23.0 Å². The van der Waals surface area contributed by atoms with E-state index in [1.54, 1.807) is 12.1 Å². The lowest BCUT2D eigenvalue weighted by atomic mass is 10.2. The van der Waals surface area contributed by atoms with Crippen molar-refractivity contribution in [1.82, 2.24) is 4.98 Å². The second kappa shape index (κ2) is 7.30. The Morgan fingerprint density at radius 3 is 2.69 bits per heavy atom. The zero-order chi connectivity index (χ0) is 18.7. The first kappa shape index (κ1) is 17.5. The van der Waals surface area contributed by atoms with Crippen LogP contribution in [0.25, 0.3) is 10.9 Å². The molecule has 1 atom stereocenters. The quantitative estimate of drug-likeness (QED) is 0.684. The van der Waals surface area contributed by atoms with E-state index in [0.29, 0.717) is 11.3 Å². The summed E-state index contributed by atoms with van der Waals surface area (Å²) in [5.74, 6) is -1.13. The Morgan fingerprint density at radius 1 is 1.23 bits per heavy atom. The van der Waals surface area contributed by atoms with Gasteiger partial charge in [-0.25, -0.2) is 4.79 Å². The monoisotopic (exact) mass is 367 g/mol. The standard InChI is InChI=1S/C19H14ClN3O3/c1-11(18(24)22-14-7-6-13(10-21)15(20)9-14)26-19(25)17-8-12-4-2-3-5-16(12)23-17/h2-9,11,23H,1H3,(H,22,24)/t11-/m1/s1. The van der Waals surface area contributed by atoms with E-state index in [0.717, 1.165) is 10.9 Å². The predicted molar refractivity (Wildman–Crippen MR) is 98.0 cm³/mol. The van der Waals surface area contributed by atoms with Crippen LogP contribution in [0.4, 0.5) is 5.69 Å². The lowest BCUT2D eigenvalue weighted by Crippen LogP contribution is -2.30. The number of hydrogen-bond acceptors (Lipinski definition) is 4. The summed E-state index contributed by atoms with van der Waals surface area (Å²) in [4.78, 5) is 27.4. The van der Waals surface area contributed by atoms with Gasteiger partial charge >= 0.3 is 5.97 Å². The molecule has 26 heavy (non-hydrogen) atoms. The number of H-pyrrole nitrogens is 1. The highest BCUT2D eigenvalue weighted by Gasteiger charge is 2.20. The van der Waals surface area contributed by atoms with E-state index in [9.17, 15) is 9.59 Å². The van der Waals surface area contributed by atoms with Crippen molar-refractivity contribution >= 4 is 40.1 Å². The minimum Gasteiger partial charge on any atom is -0.448 e. The first-order valence-electron chi connectivity index (χ1n) is 7.77. The maximum absolute atomic E-state index is 12.2. The van der Waals surface area contributed by atoms with Crippen LogP contribution < -0.4 is 5.32 Å². The molecule has 7 heteroatoms. The molecule has 3 aromatic rings. The summed E-state index contributed by atoms with van der Waals surface area (Å²) in [5, 5.41) is 12.6. The summed E-state index contributed by atoms with van der Waals surface area (Å²) < 4.78 is 5.21. The van der Waals surface area contributed by atoms with Crippen LogP contribution in [0.2, 0.25) is 5.02 Å². The van der Waals surface area contributed by atoms with Crippen LogP contribution >= 0.6 is 11.6 Å². The number of ether oxygens (including phenoxy) is 1. The number of rotatable bonds is 4. The van der Waals surface area contributed by atoms with Gasteiger partial charge in [-0.2, -0.15) is 5.26 Å². The molecule has 0 aliphatic heterocycles. The van der Waals surface area contributed by atoms with Crippen LogP contribution in [0, 0.1) is 11.3 Å². The number of aromatic amines is 1. The first-order chi connectivity index (χ1) is 12.5. The van der Waals surface area contributed by atoms with E-state index in [2.05, 4.69) is 10.3 Å². The van der Waals surface area contributed by atoms with Gasteiger partial charge in [-0.05, 0) is 37.3 Å². The number of nitrogens with one attached hydrogen (secondary N) is 2. The third-order valence-electron chi connectivity index (χ3n) is 3.76. The number of carbonyl (C=O) groups excluding carboxylic acids is 2. The lowest BCUT2D eigenvalue weighted by molar-refractivity contribution is -0.123. The van der Waals surface area contributed by atoms with E-state index >= 15 is 0 Å². The molecule has 130 valence electrons. The number of nitriles is 1. The lowest BCUT2D eigenvalue weighted by Gasteiger charge is -2.13. The molecule has 0 saturated carbocycles. The number of halogens is 1. The number of aromatic nitrogens is 1. The fourth-order valence-electron chi connectivity index (χ4n) is 2.39. The van der Waals surface area contributed by atoms with Crippen molar-refractivity contribution in [3.8, 4) is 6.07 Å². The average Bonchev–Trinajstić information content (AvgIpc) is 3.06. The number of hydrogen-bond donors (Lipinski definition) is 2. The normalized spacial score (nSPS) is 11.6. The number of anilines is 1. The van der Waals surface area contributed by atoms with Gasteiger partial charge in [0.2, 0.25) is 0 Å². The number of esters is 1. The molecular weight excluding hydrogens is 354 g/mol. The molecule has 0 bridgehead atoms. The van der Waals surface area contributed by atoms with Crippen LogP contribution in [0.5, 0.6) is 0 Å². The Bertz CT molecular complexity index is 1000. The number of carbonyl (C=O) groups is 2. The Balaban J connectivity index is 1.66. The topological polar surface area (TPSA) is 95.0 Å². The van der Waals surface area contributed by atoms with Crippen LogP contribution in [-0.2, 0) is 9.53 Å². The molecule has 1 aromatic heterocycles. The molecule has 0 unspecified atom stereocenters. The molecule has 3 rings (SSSR count). The molecule has 2 aromatic carbocycles. The van der Waals surface area contributed by atoms with Crippen molar-refractivity contribution in [2.45, 2.75) is 13.0 Å². The number of para-hydroxylation sites is 1. The van der Waals surface area contributed by atoms with Gasteiger partial charge in [0.1, 0.15) is 11.8 Å². The summed E-state index contributed by atoms with van der Waals surface area (Å²) in [5.41, 5.74) is 1.80. The minimum absolute atomic E-state index is 0.230. The number of fused-ring (bicyclic) bond motifs is 1. The van der Waals surface area contributed by atoms with Crippen molar-refractivity contribution in [2.24, 2.45) is 0 Å². The highest BCUT2D eigenvalue weighted by atomic mass is 35.5. The summed E-state index contributed by atoms with van der Waals surface area (Å²) in [6.07, 6.45) is -1.01. The number of nitrogens with zero attached hydrogens (tertiary/aromatic N) is 1. The Hall–Kier alpha value is -3.30. The summed E-state index contributed by atoms with van der Waals surface area (Å²) in [6, 6.07) is 15.5. The molecule has 0 aliphatic carbocycles. The van der Waals surface area contributed by atoms with E-state index in [4.69, 9.17) is 21.6 Å². The number of benzene rings is 2. The van der Waals surface area contributed by atoms with Gasteiger partial charge in [0.25, 0.3) is 5.91 Å². The van der Waals surface area contributed by atoms with E-state index in [-0.39, 0.29) is 10.7 Å². The minimum atomic E-state index is -1.01. The molecule has 6 nitrogen and oxygen atoms in total. The highest BCUT2D eigenvalue weighted by Crippen LogP contribution is 2.21. The average molecular weight is 368 g/mol. The molecule has 1 heterocycles. The largest absolute Gasteiger partial charge is 0.448 e. The molecule has 0 radical (unpaired) electrons. The SMILES string of the molecule is C[C@@H](OC(=O)c1cc2ccccc2[nH]1)C(=O)Nc1ccc(C#N)c(Cl)c1. The third kappa shape index (κ3) is 3.68. The summed E-state index contributed by atoms with van der Waals surface area (Å²) in [7, 11) is 0. The molecule has 2 N–H and O–H groups in total. The molecule has 0 saturated heterocycles. The fourth-order valence-corrected chi connectivity index (χ4v) is 2.61. The number of amides is 1. The smallest absolute Gasteiger partial charge is 0.355 e. The highest BCUT2D eigenvalue weighted by molar-refractivity contribution is 6.32. The third-order valence-corrected chi connectivity index (χ3v) is 4.07. The van der Waals surface area contributed by atoms with Crippen molar-refractivity contribution in [3.63, 3.8) is 0 Å². The Morgan fingerprint density at radius 2 is 2.00 bits per heavy atom. The molecule has 0 aliphatic rings. The van der Waals surface area contributed by atoms with E-state index < -0.39 is 18.0 Å². The predicted octanol–water partition coefficient (Wildman–Crippen LogP) is 3.88. The van der Waals surface area contributed by atoms with Crippen molar-refractivity contribution in [1.29, 1.82) is 5.26 Å². The fraction of sp³-hybridized carbons (Fsp3) is 0.105. The maximum atomic E-state index is 12.2. The second-order valence-electron chi connectivity index (χ2n) is 5.61. The molecular formula is C19H14ClN3O3. The second-order valence-corrected chi connectivity index (χ2v) is 6.02. The Labute approximate surface area is 154 Å². The van der Waals surface area contributed by atoms with Crippen molar-refractivity contribution in [3.05, 3.63) is 64.8 Å². The zero-order valence-corrected chi connectivity index (χ0v) is 14.5. The first-order valence-corrected chi connectivity index (χ1v) is 8.15. The zero-order valence-electron chi connectivity index (χ0n) is 13.7. The van der Waals surface area contributed by atoms with Crippen molar-refractivity contribution in [2.75, 3.05) is 5.32 Å². The molecule has 0 spiro atoms. The molecule has 1 amide bonds. The van der Waals surface area contributed by atoms with Gasteiger partial charge in [-0.3, -0.25) is 4.79 Å². The van der Waals surface area contributed by atoms with E-state index in [1.807, 2.05) is 30.3 Å². The van der Waals surface area contributed by atoms with Crippen LogP contribution in [0.3, 0.4) is 0 Å². The summed E-state index contributed by atoms with van der Waals surface area (Å²) in [6.45, 7) is 1.47. The van der Waals surface area contributed by atoms with E-state index in [1.165, 1.54) is 19.1 Å². The van der Waals surface area contributed by atoms with Gasteiger partial charge in [0.15, 0.2) is 6.10 Å². The van der Waals surface area contributed by atoms with Gasteiger partial charge in [-0.1, -0.05) is 29.8 Å². The van der Waals surface area contributed by atoms with Crippen molar-refractivity contribution < 1.29 is 14.3 Å². The Kier molecular flexibility index (Phi) is 4.92. The molecule has 0 fully saturated rings. The van der Waals surface area contributed by atoms with Gasteiger partial charge in [-0.15, -0.1) is 0 Å². The van der Waals surface area contributed by atoms with Gasteiger partial charge in [0, 0.05) is 16.6 Å². The summed E-state index contributed by atoms with van der Waals surface area (Å²) >= 11 is 5.93. The maximum Gasteiger partial charge on any atom is 0.355 e. The van der Waals surface area contributed by atoms with Gasteiger partial charge < -0.3 is 15.0 Å². The van der Waals surface area contributed by atoms with Crippen LogP contribution in [-0.4, -0.2) is 23.0 Å². The van der Waals surface area contributed by atoms with Crippen LogP contribution in [0.15, 0.2) is 48.5 Å².